The van der Waals surface area contributed by atoms with Gasteiger partial charge in [-0.15, -0.1) is 0 Å². The Bertz CT molecular complexity index is 1280. The molecule has 0 aliphatic rings. The van der Waals surface area contributed by atoms with Gasteiger partial charge in [-0.1, -0.05) is 29.8 Å². The highest BCUT2D eigenvalue weighted by Crippen LogP contribution is 2.26. The maximum atomic E-state index is 12.7. The van der Waals surface area contributed by atoms with Gasteiger partial charge in [-0.05, 0) is 48.5 Å². The van der Waals surface area contributed by atoms with E-state index in [2.05, 4.69) is 10.3 Å². The van der Waals surface area contributed by atoms with Gasteiger partial charge in [0.05, 0.1) is 23.6 Å². The Balaban J connectivity index is 1.66. The summed E-state index contributed by atoms with van der Waals surface area (Å²) in [7, 11) is 1.47. The number of fused-ring (bicyclic) bond motifs is 1. The van der Waals surface area contributed by atoms with Crippen molar-refractivity contribution >= 4 is 34.1 Å². The lowest BCUT2D eigenvalue weighted by molar-refractivity contribution is 0.102. The topological polar surface area (TPSA) is 81.4 Å². The number of anilines is 1. The Morgan fingerprint density at radius 2 is 1.90 bits per heavy atom. The van der Waals surface area contributed by atoms with E-state index in [1.807, 2.05) is 0 Å². The van der Waals surface area contributed by atoms with Crippen molar-refractivity contribution in [2.45, 2.75) is 0 Å². The van der Waals surface area contributed by atoms with Crippen LogP contribution in [0.4, 0.5) is 5.69 Å². The number of halogens is 1. The summed E-state index contributed by atoms with van der Waals surface area (Å²) in [6.45, 7) is 0. The van der Waals surface area contributed by atoms with Gasteiger partial charge in [-0.2, -0.15) is 0 Å². The maximum Gasteiger partial charge on any atom is 0.347 e. The minimum atomic E-state index is -0.467. The van der Waals surface area contributed by atoms with Crippen molar-refractivity contribution in [3.63, 3.8) is 0 Å². The monoisotopic (exact) mass is 406 g/mol. The Morgan fingerprint density at radius 1 is 1.07 bits per heavy atom. The lowest BCUT2D eigenvalue weighted by atomic mass is 10.1. The normalized spacial score (nSPS) is 10.7. The zero-order valence-electron chi connectivity index (χ0n) is 15.3. The fourth-order valence-electron chi connectivity index (χ4n) is 2.92. The van der Waals surface area contributed by atoms with E-state index < -0.39 is 5.63 Å². The summed E-state index contributed by atoms with van der Waals surface area (Å²) in [5, 5.41) is 3.69. The smallest absolute Gasteiger partial charge is 0.347 e. The first kappa shape index (κ1) is 18.7. The molecule has 4 rings (SSSR count). The number of carbonyl (C=O) groups excluding carboxylic acids is 1. The second-order valence-corrected chi connectivity index (χ2v) is 6.64. The molecule has 144 valence electrons. The summed E-state index contributed by atoms with van der Waals surface area (Å²) in [6, 6.07) is 18.6. The van der Waals surface area contributed by atoms with Gasteiger partial charge in [0.25, 0.3) is 5.91 Å². The lowest BCUT2D eigenvalue weighted by Crippen LogP contribution is -2.13. The van der Waals surface area contributed by atoms with Crippen molar-refractivity contribution in [1.29, 1.82) is 0 Å². The summed E-state index contributed by atoms with van der Waals surface area (Å²) in [5.41, 5.74) is 1.50. The van der Waals surface area contributed by atoms with Crippen LogP contribution in [-0.4, -0.2) is 18.0 Å². The molecule has 0 atom stereocenters. The molecule has 1 aromatic heterocycles. The lowest BCUT2D eigenvalue weighted by Gasteiger charge is -2.10. The molecule has 1 heterocycles. The molecule has 0 unspecified atom stereocenters. The summed E-state index contributed by atoms with van der Waals surface area (Å²) in [6.07, 6.45) is 0. The number of hydrogen-bond acceptors (Lipinski definition) is 5. The number of para-hydroxylation sites is 1. The van der Waals surface area contributed by atoms with Crippen LogP contribution in [0.3, 0.4) is 0 Å². The van der Waals surface area contributed by atoms with E-state index >= 15 is 0 Å². The van der Waals surface area contributed by atoms with E-state index in [0.29, 0.717) is 38.5 Å². The molecule has 3 aromatic carbocycles. The third-order valence-corrected chi connectivity index (χ3v) is 4.55. The number of benzene rings is 3. The number of amides is 1. The molecule has 0 aliphatic carbocycles. The van der Waals surface area contributed by atoms with Gasteiger partial charge >= 0.3 is 5.63 Å². The van der Waals surface area contributed by atoms with Crippen LogP contribution in [0.1, 0.15) is 10.4 Å². The molecule has 1 N–H and O–H groups in total. The summed E-state index contributed by atoms with van der Waals surface area (Å²) in [5.74, 6) is 0.186. The van der Waals surface area contributed by atoms with Crippen molar-refractivity contribution in [3.05, 3.63) is 87.7 Å². The van der Waals surface area contributed by atoms with Crippen molar-refractivity contribution in [2.75, 3.05) is 12.4 Å². The highest BCUT2D eigenvalue weighted by molar-refractivity contribution is 6.31. The summed E-state index contributed by atoms with van der Waals surface area (Å²) >= 11 is 5.95. The minimum absolute atomic E-state index is 0.175. The SMILES string of the molecule is COc1cc(Cl)ccc1C(=O)Nc1cccc(-c2nc3ccccc3c(=O)o2)c1. The molecule has 0 fully saturated rings. The van der Waals surface area contributed by atoms with E-state index in [4.69, 9.17) is 20.8 Å². The fourth-order valence-corrected chi connectivity index (χ4v) is 3.09. The first-order valence-corrected chi connectivity index (χ1v) is 9.08. The third kappa shape index (κ3) is 3.83. The first-order chi connectivity index (χ1) is 14.0. The molecule has 1 amide bonds. The number of rotatable bonds is 4. The second kappa shape index (κ2) is 7.77. The highest BCUT2D eigenvalue weighted by Gasteiger charge is 2.14. The van der Waals surface area contributed by atoms with Crippen LogP contribution in [0.25, 0.3) is 22.4 Å². The maximum absolute atomic E-state index is 12.7. The van der Waals surface area contributed by atoms with Crippen LogP contribution in [0.5, 0.6) is 5.75 Å². The number of nitrogens with zero attached hydrogens (tertiary/aromatic N) is 1. The second-order valence-electron chi connectivity index (χ2n) is 6.20. The van der Waals surface area contributed by atoms with E-state index in [1.54, 1.807) is 66.7 Å². The molecule has 7 heteroatoms. The molecule has 6 nitrogen and oxygen atoms in total. The van der Waals surface area contributed by atoms with Gasteiger partial charge in [0.1, 0.15) is 5.75 Å². The van der Waals surface area contributed by atoms with Crippen molar-refractivity contribution in [2.24, 2.45) is 0 Å². The Kier molecular flexibility index (Phi) is 5.01. The predicted molar refractivity (Wildman–Crippen MR) is 112 cm³/mol. The average molecular weight is 407 g/mol. The first-order valence-electron chi connectivity index (χ1n) is 8.70. The minimum Gasteiger partial charge on any atom is -0.496 e. The molecule has 4 aromatic rings. The Hall–Kier alpha value is -3.64. The number of nitrogens with one attached hydrogen (secondary N) is 1. The average Bonchev–Trinajstić information content (AvgIpc) is 2.73. The largest absolute Gasteiger partial charge is 0.496 e. The van der Waals surface area contributed by atoms with Gasteiger partial charge < -0.3 is 14.5 Å². The number of aromatic nitrogens is 1. The molecule has 0 radical (unpaired) electrons. The van der Waals surface area contributed by atoms with Crippen LogP contribution in [-0.2, 0) is 0 Å². The van der Waals surface area contributed by atoms with Gasteiger partial charge in [0, 0.05) is 16.3 Å². The molecule has 29 heavy (non-hydrogen) atoms. The third-order valence-electron chi connectivity index (χ3n) is 4.31. The van der Waals surface area contributed by atoms with Crippen LogP contribution in [0.2, 0.25) is 5.02 Å². The number of ether oxygens (including phenoxy) is 1. The van der Waals surface area contributed by atoms with Crippen LogP contribution < -0.4 is 15.7 Å². The van der Waals surface area contributed by atoms with Crippen LogP contribution in [0, 0.1) is 0 Å². The van der Waals surface area contributed by atoms with Crippen molar-refractivity contribution in [3.8, 4) is 17.2 Å². The molecule has 0 saturated heterocycles. The number of hydrogen-bond donors (Lipinski definition) is 1. The van der Waals surface area contributed by atoms with E-state index in [9.17, 15) is 9.59 Å². The van der Waals surface area contributed by atoms with Crippen LogP contribution in [0.15, 0.2) is 75.9 Å². The zero-order chi connectivity index (χ0) is 20.4. The molecule has 0 bridgehead atoms. The number of methoxy groups -OCH3 is 1. The summed E-state index contributed by atoms with van der Waals surface area (Å²) in [4.78, 5) is 29.3. The van der Waals surface area contributed by atoms with Crippen molar-refractivity contribution < 1.29 is 13.9 Å². The van der Waals surface area contributed by atoms with Gasteiger partial charge in [-0.25, -0.2) is 9.78 Å². The van der Waals surface area contributed by atoms with Crippen molar-refractivity contribution in [1.82, 2.24) is 4.98 Å². The molecular formula is C22H15ClN2O4. The van der Waals surface area contributed by atoms with Gasteiger partial charge in [-0.3, -0.25) is 4.79 Å². The van der Waals surface area contributed by atoms with Crippen LogP contribution >= 0.6 is 11.6 Å². The molecule has 0 saturated carbocycles. The molecule has 0 aliphatic heterocycles. The zero-order valence-corrected chi connectivity index (χ0v) is 16.1. The molecule has 0 spiro atoms. The predicted octanol–water partition coefficient (Wildman–Crippen LogP) is 4.77. The summed E-state index contributed by atoms with van der Waals surface area (Å²) < 4.78 is 10.6. The Morgan fingerprint density at radius 3 is 2.72 bits per heavy atom. The number of carbonyl (C=O) groups is 1. The quantitative estimate of drug-likeness (QED) is 0.528. The standard InChI is InChI=1S/C22H15ClN2O4/c1-28-19-12-14(23)9-10-17(19)20(26)24-15-6-4-5-13(11-15)21-25-18-8-3-2-7-16(18)22(27)29-21/h2-12H,1H3,(H,24,26). The van der Waals surface area contributed by atoms with E-state index in [0.717, 1.165) is 0 Å². The highest BCUT2D eigenvalue weighted by atomic mass is 35.5. The fraction of sp³-hybridized carbons (Fsp3) is 0.0455. The molecular weight excluding hydrogens is 392 g/mol. The Labute approximate surface area is 170 Å². The van der Waals surface area contributed by atoms with Gasteiger partial charge in [0.15, 0.2) is 0 Å². The van der Waals surface area contributed by atoms with Gasteiger partial charge in [0.2, 0.25) is 5.89 Å². The van der Waals surface area contributed by atoms with E-state index in [-0.39, 0.29) is 11.8 Å². The van der Waals surface area contributed by atoms with E-state index in [1.165, 1.54) is 7.11 Å².